The number of nitrogen functional groups attached to an aromatic ring is 1. The molecule has 35 heteroatoms. The van der Waals surface area contributed by atoms with E-state index in [-0.39, 0.29) is 35.1 Å². The fraction of sp³-hybridized carbons (Fsp3) is 0.373. The van der Waals surface area contributed by atoms with Gasteiger partial charge in [0.05, 0.1) is 69.3 Å². The number of aryl methyl sites for hydroxylation is 8. The number of ether oxygens (including phenoxy) is 3. The first-order valence-corrected chi connectivity index (χ1v) is 46.8. The highest BCUT2D eigenvalue weighted by atomic mass is 35.5. The van der Waals surface area contributed by atoms with E-state index in [0.717, 1.165) is 122 Å². The minimum Gasteiger partial charge on any atom is -0.477 e. The average molecular weight is 1940 g/mol. The molecule has 0 spiro atoms. The van der Waals surface area contributed by atoms with Crippen LogP contribution in [0.1, 0.15) is 211 Å². The van der Waals surface area contributed by atoms with Crippen molar-refractivity contribution in [3.8, 4) is 33.4 Å². The Morgan fingerprint density at radius 3 is 1.07 bits per heavy atom. The van der Waals surface area contributed by atoms with Crippen LogP contribution in [0.15, 0.2) is 196 Å². The van der Waals surface area contributed by atoms with E-state index in [1.165, 1.54) is 28.9 Å². The molecule has 728 valence electrons. The molecule has 9 N–H and O–H groups in total. The van der Waals surface area contributed by atoms with E-state index in [4.69, 9.17) is 57.6 Å². The first-order chi connectivity index (χ1) is 63.9. The lowest BCUT2D eigenvalue weighted by Gasteiger charge is -2.32. The molecule has 0 aliphatic carbocycles. The number of aromatic carboxylic acids is 1. The summed E-state index contributed by atoms with van der Waals surface area (Å²) < 4.78 is 33.1. The first kappa shape index (κ1) is 109. The van der Waals surface area contributed by atoms with Crippen LogP contribution in [0.4, 0.5) is 43.1 Å². The van der Waals surface area contributed by atoms with E-state index in [2.05, 4.69) is 135 Å². The van der Waals surface area contributed by atoms with Gasteiger partial charge in [-0.15, -0.1) is 22.7 Å². The smallest absolute Gasteiger partial charge is 0.477 e. The Labute approximate surface area is 823 Å². The van der Waals surface area contributed by atoms with E-state index < -0.39 is 41.1 Å². The maximum atomic E-state index is 12.6. The van der Waals surface area contributed by atoms with Gasteiger partial charge in [-0.2, -0.15) is 15.3 Å². The topological polar surface area (TPSA) is 381 Å². The predicted octanol–water partition coefficient (Wildman–Crippen LogP) is 22.0. The Morgan fingerprint density at radius 1 is 0.423 bits per heavy atom. The van der Waals surface area contributed by atoms with Crippen molar-refractivity contribution in [3.05, 3.63) is 276 Å². The number of nitrogens with two attached hydrogens (primary N) is 1. The number of alkyl carbamates (subject to hydrolysis) is 3. The third-order valence-electron chi connectivity index (χ3n) is 20.4. The lowest BCUT2D eigenvalue weighted by Crippen LogP contribution is -2.41. The van der Waals surface area contributed by atoms with E-state index in [9.17, 15) is 24.0 Å². The quantitative estimate of drug-likeness (QED) is 0.0225. The summed E-state index contributed by atoms with van der Waals surface area (Å²) in [4.78, 5) is 84.4. The number of carbonyl (C=O) groups is 5. The summed E-state index contributed by atoms with van der Waals surface area (Å²) in [6, 6.07) is 40.0. The van der Waals surface area contributed by atoms with Crippen molar-refractivity contribution >= 4 is 117 Å². The van der Waals surface area contributed by atoms with Crippen molar-refractivity contribution in [3.63, 3.8) is 0 Å². The molecule has 14 rings (SSSR count). The molecule has 1 aliphatic rings. The number of carbonyl (C=O) groups excluding carboxylic acids is 4. The molecule has 0 bridgehead atoms. The fourth-order valence-corrected chi connectivity index (χ4v) is 14.7. The Balaban J connectivity index is 0.000000206. The second kappa shape index (κ2) is 48.2. The zero-order chi connectivity index (χ0) is 101. The fourth-order valence-electron chi connectivity index (χ4n) is 12.6. The molecule has 1 saturated heterocycles. The molecule has 4 aromatic carbocycles. The van der Waals surface area contributed by atoms with Crippen LogP contribution in [0.5, 0.6) is 0 Å². The number of halogens is 2. The minimum absolute atomic E-state index is 0.0572. The number of nitrogens with zero attached hydrogens (tertiary/aromatic N) is 12. The van der Waals surface area contributed by atoms with Gasteiger partial charge in [-0.25, -0.2) is 49.1 Å². The van der Waals surface area contributed by atoms with Crippen LogP contribution in [-0.4, -0.2) is 130 Å². The third kappa shape index (κ3) is 36.6. The molecule has 0 atom stereocenters. The number of nitrogens with one attached hydrogen (secondary N) is 6. The maximum Gasteiger partial charge on any atom is 0.494 e. The molecule has 30 nitrogen and oxygen atoms in total. The van der Waals surface area contributed by atoms with Crippen molar-refractivity contribution in [2.75, 3.05) is 16.4 Å². The lowest BCUT2D eigenvalue weighted by atomic mass is 9.78. The molecular weight excluding hydrogens is 1810 g/mol. The molecule has 0 radical (unpaired) electrons. The van der Waals surface area contributed by atoms with Gasteiger partial charge in [-0.3, -0.25) is 18.8 Å². The molecule has 10 heterocycles. The average Bonchev–Trinajstić information content (AvgIpc) is 1.62. The van der Waals surface area contributed by atoms with Crippen LogP contribution in [-0.2, 0) is 81.7 Å². The van der Waals surface area contributed by atoms with Gasteiger partial charge in [0.2, 0.25) is 0 Å². The van der Waals surface area contributed by atoms with Crippen molar-refractivity contribution in [1.82, 2.24) is 80.5 Å². The van der Waals surface area contributed by atoms with Gasteiger partial charge in [0, 0.05) is 102 Å². The Kier molecular flexibility index (Phi) is 38.5. The second-order valence-corrected chi connectivity index (χ2v) is 41.5. The summed E-state index contributed by atoms with van der Waals surface area (Å²) in [5.41, 5.74) is 22.5. The van der Waals surface area contributed by atoms with Crippen molar-refractivity contribution in [2.24, 2.45) is 21.1 Å². The van der Waals surface area contributed by atoms with E-state index in [1.54, 1.807) is 69.8 Å². The summed E-state index contributed by atoms with van der Waals surface area (Å²) in [5.74, 6) is 0.521. The zero-order valence-corrected chi connectivity index (χ0v) is 86.6. The zero-order valence-electron chi connectivity index (χ0n) is 83.4. The molecule has 0 unspecified atom stereocenters. The second-order valence-electron chi connectivity index (χ2n) is 38.7. The van der Waals surface area contributed by atoms with Crippen LogP contribution in [0.25, 0.3) is 33.4 Å². The SMILES string of the molecule is CC(C)(C)c1ncc(C(=O)O)s1.Cc1cc(-c2ccnc(Cl)c2)ccc1CNC(=O)OC(C)(C)C.Cc1cc(-c2ccnc(Nc3cnn(C)c3)c2)ccc1CNC(=O)OC(C)(C)C.Cc1cc(-c2ccnc(Nc3cnn(C)c3)c2)ccc1CNC(=O)c1cnc(C(C)(C)C)s1.Cc1cc(B2OC(C)(C)C(C)(C)O2)ccc1CNC(=O)OC(C)(C)C.Cc1ccnc(Cl)c1.Cn1cc(N)cn1. The minimum atomic E-state index is -0.900. The normalized spacial score (nSPS) is 12.5. The van der Waals surface area contributed by atoms with Crippen LogP contribution < -0.4 is 43.1 Å². The maximum absolute atomic E-state index is 12.6. The van der Waals surface area contributed by atoms with Gasteiger partial charge in [-0.1, -0.05) is 138 Å². The number of carboxylic acids is 1. The number of amides is 4. The highest BCUT2D eigenvalue weighted by Crippen LogP contribution is 2.38. The number of benzene rings is 4. The van der Waals surface area contributed by atoms with Crippen LogP contribution in [0, 0.1) is 34.6 Å². The van der Waals surface area contributed by atoms with Gasteiger partial charge in [-0.05, 0) is 262 Å². The van der Waals surface area contributed by atoms with Crippen molar-refractivity contribution in [2.45, 2.75) is 231 Å². The van der Waals surface area contributed by atoms with Crippen LogP contribution in [0.2, 0.25) is 10.3 Å². The number of hydrogen-bond donors (Lipinski definition) is 8. The van der Waals surface area contributed by atoms with E-state index in [1.807, 2.05) is 263 Å². The monoisotopic (exact) mass is 1940 g/mol. The molecule has 4 amide bonds. The lowest BCUT2D eigenvalue weighted by molar-refractivity contribution is 0.00578. The highest BCUT2D eigenvalue weighted by Gasteiger charge is 2.52. The van der Waals surface area contributed by atoms with E-state index in [0.29, 0.717) is 51.9 Å². The molecule has 137 heavy (non-hydrogen) atoms. The molecular formula is C102H130BCl2N19O11S2. The molecule has 9 aromatic heterocycles. The van der Waals surface area contributed by atoms with Gasteiger partial charge in [0.1, 0.15) is 48.5 Å². The summed E-state index contributed by atoms with van der Waals surface area (Å²) in [7, 11) is 5.20. The van der Waals surface area contributed by atoms with Gasteiger partial charge < -0.3 is 66.3 Å². The number of pyridine rings is 4. The van der Waals surface area contributed by atoms with E-state index >= 15 is 0 Å². The molecule has 0 saturated carbocycles. The Morgan fingerprint density at radius 2 is 0.766 bits per heavy atom. The summed E-state index contributed by atoms with van der Waals surface area (Å²) in [6.07, 6.45) is 19.4. The predicted molar refractivity (Wildman–Crippen MR) is 549 cm³/mol. The number of thiazole rings is 2. The number of hydrogen-bond acceptors (Lipinski definition) is 24. The number of aromatic nitrogens is 12. The summed E-state index contributed by atoms with van der Waals surface area (Å²) >= 11 is 14.2. The number of rotatable bonds is 18. The number of carboxylic acid groups (broad SMARTS) is 1. The van der Waals surface area contributed by atoms with Crippen LogP contribution in [0.3, 0.4) is 0 Å². The number of anilines is 5. The standard InChI is InChI=1S/C25H28N6OS.C22H27N5O2.C19H30BNO4.C18H21ClN2O2.C8H11NO2S.C6H6ClN.C4H7N3/c1-16-10-17(18-8-9-26-22(11-18)30-20-13-29-31(5)15-20)6-7-19(16)12-27-23(32)21-14-28-24(33-21)25(2,3)4;1-15-10-16(6-7-18(15)12-24-21(28)29-22(2,3)4)17-8-9-23-20(11-17)26-19-13-25-27(5)14-19;1-13-11-15(20-24-18(5,6)19(7,8)25-20)10-9-14(13)12-21-16(22)23-17(2,3)4;1-12-9-13(14-7-8-20-16(19)10-14)5-6-15(12)11-21-17(22)23-18(2,3)4;1-8(2,3)7-9-4-5(12-7)6(10)11;1-5-2-3-8-6(7)4-5;1-7-3-4(5)2-6-7/h6-11,13-15H,12H2,1-5H3,(H,26,30)(H,27,32);6-11,13-14H,12H2,1-5H3,(H,23,26)(H,24,28);9-11H,12H2,1-8H3,(H,21,22);5-10H,11H2,1-4H3,(H,21,22);4H,1-3H3,(H,10,11);2-4H,1H3;2-3H,5H2,1H3. The first-order valence-electron chi connectivity index (χ1n) is 44.4. The van der Waals surface area contributed by atoms with Crippen LogP contribution >= 0.6 is 45.9 Å². The third-order valence-corrected chi connectivity index (χ3v) is 23.6. The Bertz CT molecular complexity index is 6180. The Hall–Kier alpha value is -12.9. The molecule has 1 aliphatic heterocycles. The highest BCUT2D eigenvalue weighted by molar-refractivity contribution is 7.14. The van der Waals surface area contributed by atoms with Crippen molar-refractivity contribution in [1.29, 1.82) is 0 Å². The van der Waals surface area contributed by atoms with Gasteiger partial charge >= 0.3 is 31.4 Å². The summed E-state index contributed by atoms with van der Waals surface area (Å²) in [6.45, 7) is 48.9. The van der Waals surface area contributed by atoms with Gasteiger partial charge in [0.15, 0.2) is 0 Å². The van der Waals surface area contributed by atoms with Crippen molar-refractivity contribution < 1.29 is 52.6 Å². The van der Waals surface area contributed by atoms with Gasteiger partial charge in [0.25, 0.3) is 5.91 Å². The molecule has 1 fully saturated rings. The molecule has 13 aromatic rings. The largest absolute Gasteiger partial charge is 0.494 e. The summed E-state index contributed by atoms with van der Waals surface area (Å²) in [5, 5.41) is 41.5.